The number of anilines is 1. The Hall–Kier alpha value is -1.05. The number of hydrogen-bond donors (Lipinski definition) is 1. The maximum absolute atomic E-state index is 9.63. The standard InChI is InChI=1S/C15H20BrN3/c1-2-19-10-5-8-15(12-17,9-11-19)18-14-7-4-3-6-13(14)16/h3-4,6-7,18H,2,5,8-11H2,1H3. The van der Waals surface area contributed by atoms with Crippen LogP contribution >= 0.6 is 15.9 Å². The van der Waals surface area contributed by atoms with Gasteiger partial charge in [-0.05, 0) is 60.4 Å². The van der Waals surface area contributed by atoms with Crippen molar-refractivity contribution in [3.8, 4) is 6.07 Å². The molecule has 1 atom stereocenters. The second kappa shape index (κ2) is 6.40. The molecule has 102 valence electrons. The lowest BCUT2D eigenvalue weighted by atomic mass is 9.92. The first-order valence-corrected chi connectivity index (χ1v) is 7.65. The third-order valence-corrected chi connectivity index (χ3v) is 4.53. The Bertz CT molecular complexity index is 469. The number of likely N-dealkylation sites (tertiary alicyclic amines) is 1. The Kier molecular flexibility index (Phi) is 4.84. The molecular formula is C15H20BrN3. The Labute approximate surface area is 123 Å². The number of nitriles is 1. The van der Waals surface area contributed by atoms with Gasteiger partial charge in [0.25, 0.3) is 0 Å². The Morgan fingerprint density at radius 2 is 2.16 bits per heavy atom. The number of nitrogens with zero attached hydrogens (tertiary/aromatic N) is 2. The van der Waals surface area contributed by atoms with Gasteiger partial charge in [0.1, 0.15) is 5.54 Å². The molecular weight excluding hydrogens is 302 g/mol. The SMILES string of the molecule is CCN1CCCC(C#N)(Nc2ccccc2Br)CC1. The topological polar surface area (TPSA) is 39.1 Å². The molecule has 1 fully saturated rings. The monoisotopic (exact) mass is 321 g/mol. The highest BCUT2D eigenvalue weighted by molar-refractivity contribution is 9.10. The molecule has 1 unspecified atom stereocenters. The predicted molar refractivity (Wildman–Crippen MR) is 82.1 cm³/mol. The minimum atomic E-state index is -0.437. The Morgan fingerprint density at radius 1 is 1.37 bits per heavy atom. The summed E-state index contributed by atoms with van der Waals surface area (Å²) >= 11 is 3.54. The molecule has 1 aromatic rings. The van der Waals surface area contributed by atoms with E-state index in [0.717, 1.165) is 49.1 Å². The average Bonchev–Trinajstić information content (AvgIpc) is 2.64. The molecule has 0 bridgehead atoms. The van der Waals surface area contributed by atoms with Gasteiger partial charge in [-0.1, -0.05) is 19.1 Å². The van der Waals surface area contributed by atoms with Gasteiger partial charge < -0.3 is 10.2 Å². The predicted octanol–water partition coefficient (Wildman–Crippen LogP) is 3.63. The fourth-order valence-electron chi connectivity index (χ4n) is 2.59. The first-order valence-electron chi connectivity index (χ1n) is 6.85. The number of halogens is 1. The second-order valence-electron chi connectivity index (χ2n) is 5.09. The van der Waals surface area contributed by atoms with E-state index < -0.39 is 5.54 Å². The van der Waals surface area contributed by atoms with Gasteiger partial charge in [0.15, 0.2) is 0 Å². The van der Waals surface area contributed by atoms with E-state index in [1.165, 1.54) is 0 Å². The van der Waals surface area contributed by atoms with Crippen molar-refractivity contribution in [2.45, 2.75) is 31.7 Å². The van der Waals surface area contributed by atoms with Crippen molar-refractivity contribution >= 4 is 21.6 Å². The molecule has 0 spiro atoms. The van der Waals surface area contributed by atoms with E-state index in [4.69, 9.17) is 0 Å². The summed E-state index contributed by atoms with van der Waals surface area (Å²) in [6.07, 6.45) is 2.85. The lowest BCUT2D eigenvalue weighted by Crippen LogP contribution is -2.38. The molecule has 1 saturated heterocycles. The van der Waals surface area contributed by atoms with Crippen LogP contribution in [0.15, 0.2) is 28.7 Å². The molecule has 0 saturated carbocycles. The van der Waals surface area contributed by atoms with Crippen LogP contribution < -0.4 is 5.32 Å². The summed E-state index contributed by atoms with van der Waals surface area (Å²) in [6.45, 7) is 5.33. The molecule has 3 nitrogen and oxygen atoms in total. The van der Waals surface area contributed by atoms with Gasteiger partial charge >= 0.3 is 0 Å². The quantitative estimate of drug-likeness (QED) is 0.924. The summed E-state index contributed by atoms with van der Waals surface area (Å²) in [7, 11) is 0. The van der Waals surface area contributed by atoms with Gasteiger partial charge in [-0.15, -0.1) is 0 Å². The summed E-state index contributed by atoms with van der Waals surface area (Å²) in [6, 6.07) is 10.5. The van der Waals surface area contributed by atoms with Crippen molar-refractivity contribution < 1.29 is 0 Å². The van der Waals surface area contributed by atoms with Gasteiger partial charge in [-0.2, -0.15) is 5.26 Å². The minimum absolute atomic E-state index is 0.437. The Morgan fingerprint density at radius 3 is 2.84 bits per heavy atom. The van der Waals surface area contributed by atoms with Gasteiger partial charge in [-0.3, -0.25) is 0 Å². The number of rotatable bonds is 3. The molecule has 2 rings (SSSR count). The van der Waals surface area contributed by atoms with Crippen LogP contribution in [0, 0.1) is 11.3 Å². The summed E-state index contributed by atoms with van der Waals surface area (Å²) < 4.78 is 1.02. The highest BCUT2D eigenvalue weighted by Crippen LogP contribution is 2.30. The summed E-state index contributed by atoms with van der Waals surface area (Å²) in [4.78, 5) is 2.42. The van der Waals surface area contributed by atoms with Crippen LogP contribution in [0.2, 0.25) is 0 Å². The lowest BCUT2D eigenvalue weighted by Gasteiger charge is -2.28. The number of benzene rings is 1. The lowest BCUT2D eigenvalue weighted by molar-refractivity contribution is 0.297. The van der Waals surface area contributed by atoms with Gasteiger partial charge in [0, 0.05) is 16.7 Å². The molecule has 4 heteroatoms. The summed E-state index contributed by atoms with van der Waals surface area (Å²) in [5, 5.41) is 13.1. The minimum Gasteiger partial charge on any atom is -0.366 e. The van der Waals surface area contributed by atoms with Crippen LogP contribution in [0.5, 0.6) is 0 Å². The van der Waals surface area contributed by atoms with Gasteiger partial charge in [0.05, 0.1) is 6.07 Å². The average molecular weight is 322 g/mol. The number of para-hydroxylation sites is 1. The summed E-state index contributed by atoms with van der Waals surface area (Å²) in [5.41, 5.74) is 0.572. The number of nitrogens with one attached hydrogen (secondary N) is 1. The normalized spacial score (nSPS) is 24.5. The van der Waals surface area contributed by atoms with E-state index in [2.05, 4.69) is 39.1 Å². The molecule has 1 N–H and O–H groups in total. The molecule has 1 aliphatic heterocycles. The zero-order valence-corrected chi connectivity index (χ0v) is 12.9. The van der Waals surface area contributed by atoms with Gasteiger partial charge in [0.2, 0.25) is 0 Å². The van der Waals surface area contributed by atoms with Crippen LogP contribution in [0.1, 0.15) is 26.2 Å². The smallest absolute Gasteiger partial charge is 0.126 e. The Balaban J connectivity index is 2.15. The fraction of sp³-hybridized carbons (Fsp3) is 0.533. The van der Waals surface area contributed by atoms with Crippen molar-refractivity contribution in [1.82, 2.24) is 4.90 Å². The molecule has 0 aromatic heterocycles. The van der Waals surface area contributed by atoms with Crippen molar-refractivity contribution in [1.29, 1.82) is 5.26 Å². The first-order chi connectivity index (χ1) is 9.19. The van der Waals surface area contributed by atoms with Gasteiger partial charge in [-0.25, -0.2) is 0 Å². The third kappa shape index (κ3) is 3.49. The van der Waals surface area contributed by atoms with Crippen LogP contribution in [-0.4, -0.2) is 30.1 Å². The largest absolute Gasteiger partial charge is 0.366 e. The third-order valence-electron chi connectivity index (χ3n) is 3.84. The van der Waals surface area contributed by atoms with Crippen LogP contribution in [0.25, 0.3) is 0 Å². The van der Waals surface area contributed by atoms with E-state index in [-0.39, 0.29) is 0 Å². The van der Waals surface area contributed by atoms with Crippen LogP contribution in [0.4, 0.5) is 5.69 Å². The highest BCUT2D eigenvalue weighted by atomic mass is 79.9. The van der Waals surface area contributed by atoms with E-state index in [1.807, 2.05) is 24.3 Å². The molecule has 0 amide bonds. The van der Waals surface area contributed by atoms with Crippen LogP contribution in [0.3, 0.4) is 0 Å². The summed E-state index contributed by atoms with van der Waals surface area (Å²) in [5.74, 6) is 0. The molecule has 0 radical (unpaired) electrons. The van der Waals surface area contributed by atoms with Crippen molar-refractivity contribution in [3.63, 3.8) is 0 Å². The number of hydrogen-bond acceptors (Lipinski definition) is 3. The molecule has 1 aliphatic rings. The van der Waals surface area contributed by atoms with Crippen LogP contribution in [-0.2, 0) is 0 Å². The van der Waals surface area contributed by atoms with Crippen molar-refractivity contribution in [2.24, 2.45) is 0 Å². The van der Waals surface area contributed by atoms with E-state index >= 15 is 0 Å². The molecule has 0 aliphatic carbocycles. The fourth-order valence-corrected chi connectivity index (χ4v) is 2.98. The molecule has 1 heterocycles. The van der Waals surface area contributed by atoms with E-state index in [1.54, 1.807) is 0 Å². The van der Waals surface area contributed by atoms with Crippen molar-refractivity contribution in [2.75, 3.05) is 25.0 Å². The first kappa shape index (κ1) is 14.4. The highest BCUT2D eigenvalue weighted by Gasteiger charge is 2.32. The zero-order chi connectivity index (χ0) is 13.7. The molecule has 1 aromatic carbocycles. The van der Waals surface area contributed by atoms with E-state index in [0.29, 0.717) is 0 Å². The van der Waals surface area contributed by atoms with Crippen molar-refractivity contribution in [3.05, 3.63) is 28.7 Å². The maximum Gasteiger partial charge on any atom is 0.126 e. The van der Waals surface area contributed by atoms with E-state index in [9.17, 15) is 5.26 Å². The molecule has 19 heavy (non-hydrogen) atoms. The maximum atomic E-state index is 9.63. The zero-order valence-electron chi connectivity index (χ0n) is 11.3. The second-order valence-corrected chi connectivity index (χ2v) is 5.94.